The first-order chi connectivity index (χ1) is 7.66. The predicted octanol–water partition coefficient (Wildman–Crippen LogP) is 1.43. The van der Waals surface area contributed by atoms with Crippen molar-refractivity contribution in [3.8, 4) is 0 Å². The van der Waals surface area contributed by atoms with E-state index in [4.69, 9.17) is 10.2 Å². The maximum atomic E-state index is 13.4. The Labute approximate surface area is 91.7 Å². The summed E-state index contributed by atoms with van der Waals surface area (Å²) in [6.07, 6.45) is 4.22. The molecule has 2 aromatic rings. The SMILES string of the molecule is CN(Cc1ccoc1)c1nc(N)ncc1F. The van der Waals surface area contributed by atoms with Gasteiger partial charge in [0, 0.05) is 19.2 Å². The molecule has 0 saturated heterocycles. The molecule has 84 valence electrons. The van der Waals surface area contributed by atoms with Gasteiger partial charge in [-0.3, -0.25) is 0 Å². The molecule has 2 aromatic heterocycles. The predicted molar refractivity (Wildman–Crippen MR) is 57.2 cm³/mol. The van der Waals surface area contributed by atoms with Gasteiger partial charge in [-0.1, -0.05) is 0 Å². The molecule has 0 atom stereocenters. The monoisotopic (exact) mass is 222 g/mol. The number of aromatic nitrogens is 2. The molecule has 2 rings (SSSR count). The molecule has 0 aliphatic rings. The Morgan fingerprint density at radius 3 is 3.06 bits per heavy atom. The Morgan fingerprint density at radius 1 is 1.56 bits per heavy atom. The number of hydrogen-bond donors (Lipinski definition) is 1. The molecule has 0 spiro atoms. The van der Waals surface area contributed by atoms with Crippen molar-refractivity contribution in [3.63, 3.8) is 0 Å². The van der Waals surface area contributed by atoms with E-state index in [9.17, 15) is 4.39 Å². The maximum Gasteiger partial charge on any atom is 0.222 e. The van der Waals surface area contributed by atoms with Crippen LogP contribution in [0.1, 0.15) is 5.56 Å². The molecule has 16 heavy (non-hydrogen) atoms. The average molecular weight is 222 g/mol. The van der Waals surface area contributed by atoms with Gasteiger partial charge in [-0.15, -0.1) is 0 Å². The van der Waals surface area contributed by atoms with E-state index in [1.807, 2.05) is 0 Å². The number of rotatable bonds is 3. The second-order valence-corrected chi connectivity index (χ2v) is 3.39. The highest BCUT2D eigenvalue weighted by Crippen LogP contribution is 2.17. The summed E-state index contributed by atoms with van der Waals surface area (Å²) in [5.41, 5.74) is 6.33. The fraction of sp³-hybridized carbons (Fsp3) is 0.200. The Balaban J connectivity index is 2.20. The van der Waals surface area contributed by atoms with Crippen LogP contribution in [0.3, 0.4) is 0 Å². The minimum atomic E-state index is -0.500. The number of nitrogen functional groups attached to an aromatic ring is 1. The second-order valence-electron chi connectivity index (χ2n) is 3.39. The van der Waals surface area contributed by atoms with E-state index in [0.717, 1.165) is 11.8 Å². The number of hydrogen-bond acceptors (Lipinski definition) is 5. The van der Waals surface area contributed by atoms with Crippen molar-refractivity contribution in [1.29, 1.82) is 0 Å². The molecule has 0 aliphatic heterocycles. The van der Waals surface area contributed by atoms with E-state index >= 15 is 0 Å². The molecule has 6 heteroatoms. The van der Waals surface area contributed by atoms with Gasteiger partial charge in [-0.05, 0) is 6.07 Å². The van der Waals surface area contributed by atoms with Crippen molar-refractivity contribution in [2.45, 2.75) is 6.54 Å². The van der Waals surface area contributed by atoms with Crippen LogP contribution in [0.4, 0.5) is 16.2 Å². The maximum absolute atomic E-state index is 13.4. The fourth-order valence-corrected chi connectivity index (χ4v) is 1.37. The van der Waals surface area contributed by atoms with Gasteiger partial charge >= 0.3 is 0 Å². The van der Waals surface area contributed by atoms with Gasteiger partial charge in [0.25, 0.3) is 0 Å². The van der Waals surface area contributed by atoms with Gasteiger partial charge in [-0.2, -0.15) is 4.98 Å². The van der Waals surface area contributed by atoms with Gasteiger partial charge in [0.1, 0.15) is 0 Å². The van der Waals surface area contributed by atoms with Crippen LogP contribution in [0.15, 0.2) is 29.2 Å². The third kappa shape index (κ3) is 2.10. The lowest BCUT2D eigenvalue weighted by Crippen LogP contribution is -2.19. The lowest BCUT2D eigenvalue weighted by Gasteiger charge is -2.17. The van der Waals surface area contributed by atoms with Crippen molar-refractivity contribution in [3.05, 3.63) is 36.2 Å². The van der Waals surface area contributed by atoms with Crippen LogP contribution in [0, 0.1) is 5.82 Å². The van der Waals surface area contributed by atoms with Crippen LogP contribution < -0.4 is 10.6 Å². The molecule has 0 aromatic carbocycles. The molecule has 0 radical (unpaired) electrons. The zero-order chi connectivity index (χ0) is 11.5. The summed E-state index contributed by atoms with van der Waals surface area (Å²) in [6, 6.07) is 1.80. The van der Waals surface area contributed by atoms with Crippen molar-refractivity contribution < 1.29 is 8.81 Å². The zero-order valence-corrected chi connectivity index (χ0v) is 8.72. The number of nitrogens with two attached hydrogens (primary N) is 1. The molecule has 0 fully saturated rings. The smallest absolute Gasteiger partial charge is 0.222 e. The average Bonchev–Trinajstić information content (AvgIpc) is 2.74. The van der Waals surface area contributed by atoms with Crippen LogP contribution in [0.2, 0.25) is 0 Å². The van der Waals surface area contributed by atoms with Crippen molar-refractivity contribution in [2.75, 3.05) is 17.7 Å². The summed E-state index contributed by atoms with van der Waals surface area (Å²) < 4.78 is 18.3. The molecule has 0 saturated carbocycles. The number of furan rings is 1. The second kappa shape index (κ2) is 4.18. The quantitative estimate of drug-likeness (QED) is 0.850. The molecule has 0 bridgehead atoms. The normalized spacial score (nSPS) is 10.4. The molecular weight excluding hydrogens is 211 g/mol. The van der Waals surface area contributed by atoms with Gasteiger partial charge in [0.15, 0.2) is 11.6 Å². The lowest BCUT2D eigenvalue weighted by molar-refractivity contribution is 0.563. The summed E-state index contributed by atoms with van der Waals surface area (Å²) in [5.74, 6) is -0.274. The lowest BCUT2D eigenvalue weighted by atomic mass is 10.3. The number of nitrogens with zero attached hydrogens (tertiary/aromatic N) is 3. The highest BCUT2D eigenvalue weighted by Gasteiger charge is 2.11. The van der Waals surface area contributed by atoms with E-state index < -0.39 is 5.82 Å². The molecule has 2 N–H and O–H groups in total. The highest BCUT2D eigenvalue weighted by atomic mass is 19.1. The van der Waals surface area contributed by atoms with Crippen molar-refractivity contribution in [1.82, 2.24) is 9.97 Å². The van der Waals surface area contributed by atoms with Crippen molar-refractivity contribution in [2.24, 2.45) is 0 Å². The summed E-state index contributed by atoms with van der Waals surface area (Å²) in [7, 11) is 1.72. The van der Waals surface area contributed by atoms with Crippen LogP contribution >= 0.6 is 0 Å². The Morgan fingerprint density at radius 2 is 2.38 bits per heavy atom. The van der Waals surface area contributed by atoms with E-state index in [1.54, 1.807) is 30.5 Å². The summed E-state index contributed by atoms with van der Waals surface area (Å²) in [6.45, 7) is 0.490. The number of anilines is 2. The van der Waals surface area contributed by atoms with Gasteiger partial charge in [-0.25, -0.2) is 9.37 Å². The topological polar surface area (TPSA) is 68.2 Å². The van der Waals surface area contributed by atoms with E-state index in [0.29, 0.717) is 6.54 Å². The van der Waals surface area contributed by atoms with E-state index in [1.165, 1.54) is 0 Å². The zero-order valence-electron chi connectivity index (χ0n) is 8.72. The summed E-state index contributed by atoms with van der Waals surface area (Å²) in [5, 5.41) is 0. The third-order valence-electron chi connectivity index (χ3n) is 2.11. The van der Waals surface area contributed by atoms with Crippen molar-refractivity contribution >= 4 is 11.8 Å². The molecular formula is C10H11FN4O. The fourth-order valence-electron chi connectivity index (χ4n) is 1.37. The molecule has 0 unspecified atom stereocenters. The van der Waals surface area contributed by atoms with E-state index in [2.05, 4.69) is 9.97 Å². The van der Waals surface area contributed by atoms with Crippen LogP contribution in [0.5, 0.6) is 0 Å². The first-order valence-corrected chi connectivity index (χ1v) is 4.67. The Kier molecular flexibility index (Phi) is 2.72. The van der Waals surface area contributed by atoms with Gasteiger partial charge < -0.3 is 15.1 Å². The first kappa shape index (κ1) is 10.4. The van der Waals surface area contributed by atoms with Crippen LogP contribution in [-0.2, 0) is 6.54 Å². The standard InChI is InChI=1S/C10H11FN4O/c1-15(5-7-2-3-16-6-7)9-8(11)4-13-10(12)14-9/h2-4,6H,5H2,1H3,(H2,12,13,14). The van der Waals surface area contributed by atoms with Crippen LogP contribution in [-0.4, -0.2) is 17.0 Å². The molecule has 5 nitrogen and oxygen atoms in total. The van der Waals surface area contributed by atoms with Crippen LogP contribution in [0.25, 0.3) is 0 Å². The van der Waals surface area contributed by atoms with E-state index in [-0.39, 0.29) is 11.8 Å². The Hall–Kier alpha value is -2.11. The molecule has 0 amide bonds. The van der Waals surface area contributed by atoms with Gasteiger partial charge in [0.2, 0.25) is 5.95 Å². The molecule has 2 heterocycles. The molecule has 0 aliphatic carbocycles. The minimum absolute atomic E-state index is 0.0513. The minimum Gasteiger partial charge on any atom is -0.472 e. The third-order valence-corrected chi connectivity index (χ3v) is 2.11. The largest absolute Gasteiger partial charge is 0.472 e. The Bertz CT molecular complexity index is 472. The number of halogens is 1. The summed E-state index contributed by atoms with van der Waals surface area (Å²) >= 11 is 0. The highest BCUT2D eigenvalue weighted by molar-refractivity contribution is 5.42. The summed E-state index contributed by atoms with van der Waals surface area (Å²) in [4.78, 5) is 9.04. The first-order valence-electron chi connectivity index (χ1n) is 4.67. The van der Waals surface area contributed by atoms with Gasteiger partial charge in [0.05, 0.1) is 18.7 Å².